The molecule has 1 amide bonds. The maximum absolute atomic E-state index is 12.8. The third-order valence-corrected chi connectivity index (χ3v) is 5.10. The molecule has 0 saturated carbocycles. The number of hydrogen-bond donors (Lipinski definition) is 1. The largest absolute Gasteiger partial charge is 0.495 e. The minimum absolute atomic E-state index is 0.222. The highest BCUT2D eigenvalue weighted by atomic mass is 35.5. The lowest BCUT2D eigenvalue weighted by molar-refractivity contribution is -0.137. The van der Waals surface area contributed by atoms with Gasteiger partial charge in [0.25, 0.3) is 0 Å². The van der Waals surface area contributed by atoms with Crippen LogP contribution in [0, 0.1) is 13.8 Å². The number of carbonyl (C=O) groups is 1. The van der Waals surface area contributed by atoms with E-state index in [4.69, 9.17) is 16.3 Å². The third kappa shape index (κ3) is 5.31. The van der Waals surface area contributed by atoms with Crippen LogP contribution in [0.5, 0.6) is 5.75 Å². The molecule has 0 bridgehead atoms. The Morgan fingerprint density at radius 2 is 1.94 bits per heavy atom. The summed E-state index contributed by atoms with van der Waals surface area (Å²) >= 11 is 6.15. The van der Waals surface area contributed by atoms with Crippen molar-refractivity contribution in [3.8, 4) is 11.4 Å². The van der Waals surface area contributed by atoms with Gasteiger partial charge in [-0.1, -0.05) is 29.8 Å². The summed E-state index contributed by atoms with van der Waals surface area (Å²) in [6, 6.07) is 11.8. The first kappa shape index (κ1) is 23.4. The van der Waals surface area contributed by atoms with Gasteiger partial charge in [-0.3, -0.25) is 4.79 Å². The Labute approximate surface area is 188 Å². The van der Waals surface area contributed by atoms with E-state index in [2.05, 4.69) is 10.5 Å². The van der Waals surface area contributed by atoms with Gasteiger partial charge in [0.1, 0.15) is 5.75 Å². The van der Waals surface area contributed by atoms with Gasteiger partial charge in [0.05, 0.1) is 31.0 Å². The molecule has 0 aliphatic rings. The van der Waals surface area contributed by atoms with E-state index in [9.17, 15) is 18.0 Å². The zero-order valence-electron chi connectivity index (χ0n) is 17.6. The maximum Gasteiger partial charge on any atom is 0.416 e. The molecule has 2 aromatic carbocycles. The summed E-state index contributed by atoms with van der Waals surface area (Å²) in [6.45, 7) is 3.80. The first-order valence-corrected chi connectivity index (χ1v) is 9.99. The predicted octanol–water partition coefficient (Wildman–Crippen LogP) is 5.47. The molecule has 168 valence electrons. The molecule has 9 heteroatoms. The number of aromatic nitrogens is 1. The topological polar surface area (TPSA) is 55.6 Å². The van der Waals surface area contributed by atoms with Crippen molar-refractivity contribution in [2.45, 2.75) is 26.4 Å². The smallest absolute Gasteiger partial charge is 0.416 e. The number of halogens is 4. The quantitative estimate of drug-likeness (QED) is 0.389. The molecule has 0 aliphatic heterocycles. The Bertz CT molecular complexity index is 1170. The maximum atomic E-state index is 12.8. The van der Waals surface area contributed by atoms with Crippen LogP contribution in [0.1, 0.15) is 28.1 Å². The van der Waals surface area contributed by atoms with E-state index in [-0.39, 0.29) is 12.0 Å². The Hall–Kier alpha value is -3.26. The fourth-order valence-corrected chi connectivity index (χ4v) is 3.55. The summed E-state index contributed by atoms with van der Waals surface area (Å²) < 4.78 is 45.8. The molecule has 0 spiro atoms. The van der Waals surface area contributed by atoms with Gasteiger partial charge >= 0.3 is 6.18 Å². The fourth-order valence-electron chi connectivity index (χ4n) is 3.38. The van der Waals surface area contributed by atoms with Crippen molar-refractivity contribution in [3.63, 3.8) is 0 Å². The van der Waals surface area contributed by atoms with Gasteiger partial charge in [-0.15, -0.1) is 0 Å². The number of nitrogens with zero attached hydrogens (tertiary/aromatic N) is 2. The van der Waals surface area contributed by atoms with Gasteiger partial charge in [0, 0.05) is 22.0 Å². The Morgan fingerprint density at radius 3 is 2.62 bits per heavy atom. The average molecular weight is 464 g/mol. The molecule has 3 rings (SSSR count). The highest BCUT2D eigenvalue weighted by molar-refractivity contribution is 6.30. The van der Waals surface area contributed by atoms with Crippen molar-refractivity contribution in [2.75, 3.05) is 7.11 Å². The van der Waals surface area contributed by atoms with Crippen molar-refractivity contribution in [2.24, 2.45) is 5.10 Å². The molecule has 0 aliphatic carbocycles. The first-order valence-electron chi connectivity index (χ1n) is 9.61. The molecule has 1 aromatic heterocycles. The molecule has 3 aromatic rings. The van der Waals surface area contributed by atoms with Crippen LogP contribution in [0.3, 0.4) is 0 Å². The minimum atomic E-state index is -4.46. The van der Waals surface area contributed by atoms with E-state index in [1.54, 1.807) is 25.3 Å². The molecule has 0 saturated heterocycles. The van der Waals surface area contributed by atoms with E-state index >= 15 is 0 Å². The zero-order chi connectivity index (χ0) is 23.5. The van der Waals surface area contributed by atoms with E-state index < -0.39 is 17.6 Å². The molecule has 1 N–H and O–H groups in total. The molecule has 0 radical (unpaired) electrons. The molecule has 0 atom stereocenters. The second kappa shape index (κ2) is 9.48. The lowest BCUT2D eigenvalue weighted by Crippen LogP contribution is -2.20. The summed E-state index contributed by atoms with van der Waals surface area (Å²) in [5, 5.41) is 4.52. The van der Waals surface area contributed by atoms with Gasteiger partial charge in [0.2, 0.25) is 5.91 Å². The lowest BCUT2D eigenvalue weighted by atomic mass is 10.1. The van der Waals surface area contributed by atoms with Crippen LogP contribution in [0.25, 0.3) is 5.69 Å². The Kier molecular flexibility index (Phi) is 6.93. The van der Waals surface area contributed by atoms with Gasteiger partial charge in [-0.05, 0) is 49.7 Å². The van der Waals surface area contributed by atoms with E-state index in [1.807, 2.05) is 24.5 Å². The highest BCUT2D eigenvalue weighted by Crippen LogP contribution is 2.31. The summed E-state index contributed by atoms with van der Waals surface area (Å²) in [6.07, 6.45) is -3.20. The van der Waals surface area contributed by atoms with Crippen LogP contribution in [-0.2, 0) is 17.4 Å². The zero-order valence-corrected chi connectivity index (χ0v) is 18.4. The molecule has 0 unspecified atom stereocenters. The summed E-state index contributed by atoms with van der Waals surface area (Å²) in [5.74, 6) is 0.125. The van der Waals surface area contributed by atoms with Crippen LogP contribution in [0.4, 0.5) is 13.2 Å². The average Bonchev–Trinajstić information content (AvgIpc) is 3.00. The lowest BCUT2D eigenvalue weighted by Gasteiger charge is -2.14. The predicted molar refractivity (Wildman–Crippen MR) is 118 cm³/mol. The molecular formula is C23H21ClF3N3O2. The number of hydrogen-bond acceptors (Lipinski definition) is 3. The standard InChI is InChI=1S/C23H21ClF3N3O2/c1-14-9-17(15(2)30(14)20-12-19(24)7-8-21(20)32-3)13-28-29-22(31)11-16-5-4-6-18(10-16)23(25,26)27/h4-10,12-13H,11H2,1-3H3,(H,29,31)/b28-13+. The van der Waals surface area contributed by atoms with Gasteiger partial charge in [-0.25, -0.2) is 5.43 Å². The summed E-state index contributed by atoms with van der Waals surface area (Å²) in [5.41, 5.74) is 5.08. The SMILES string of the molecule is COc1ccc(Cl)cc1-n1c(C)cc(/C=N/NC(=O)Cc2cccc(C(F)(F)F)c2)c1C. The van der Waals surface area contributed by atoms with Crippen LogP contribution in [0.15, 0.2) is 53.6 Å². The second-order valence-corrected chi connectivity index (χ2v) is 7.58. The van der Waals surface area contributed by atoms with Crippen LogP contribution in [-0.4, -0.2) is 23.8 Å². The van der Waals surface area contributed by atoms with Crippen LogP contribution < -0.4 is 10.2 Å². The highest BCUT2D eigenvalue weighted by Gasteiger charge is 2.30. The van der Waals surface area contributed by atoms with Crippen molar-refractivity contribution < 1.29 is 22.7 Å². The van der Waals surface area contributed by atoms with Gasteiger partial charge in [0.15, 0.2) is 0 Å². The number of aryl methyl sites for hydroxylation is 1. The molecule has 0 fully saturated rings. The number of carbonyl (C=O) groups excluding carboxylic acids is 1. The number of rotatable bonds is 6. The summed E-state index contributed by atoms with van der Waals surface area (Å²) in [4.78, 5) is 12.1. The van der Waals surface area contributed by atoms with Crippen molar-refractivity contribution in [1.82, 2.24) is 9.99 Å². The van der Waals surface area contributed by atoms with Crippen LogP contribution >= 0.6 is 11.6 Å². The first-order chi connectivity index (χ1) is 15.1. The van der Waals surface area contributed by atoms with Gasteiger partial charge < -0.3 is 9.30 Å². The van der Waals surface area contributed by atoms with Crippen molar-refractivity contribution in [1.29, 1.82) is 0 Å². The molecular weight excluding hydrogens is 443 g/mol. The minimum Gasteiger partial charge on any atom is -0.495 e. The number of hydrazone groups is 1. The van der Waals surface area contributed by atoms with E-state index in [0.717, 1.165) is 34.8 Å². The summed E-state index contributed by atoms with van der Waals surface area (Å²) in [7, 11) is 1.57. The number of amides is 1. The number of nitrogens with one attached hydrogen (secondary N) is 1. The van der Waals surface area contributed by atoms with E-state index in [0.29, 0.717) is 10.8 Å². The number of benzene rings is 2. The molecule has 1 heterocycles. The normalized spacial score (nSPS) is 11.7. The van der Waals surface area contributed by atoms with E-state index in [1.165, 1.54) is 18.3 Å². The second-order valence-electron chi connectivity index (χ2n) is 7.15. The van der Waals surface area contributed by atoms with Crippen molar-refractivity contribution in [3.05, 3.63) is 81.6 Å². The Balaban J connectivity index is 1.74. The molecule has 5 nitrogen and oxygen atoms in total. The third-order valence-electron chi connectivity index (χ3n) is 4.86. The van der Waals surface area contributed by atoms with Crippen molar-refractivity contribution >= 4 is 23.7 Å². The van der Waals surface area contributed by atoms with Gasteiger partial charge in [-0.2, -0.15) is 18.3 Å². The molecule has 32 heavy (non-hydrogen) atoms. The number of methoxy groups -OCH3 is 1. The van der Waals surface area contributed by atoms with Crippen LogP contribution in [0.2, 0.25) is 5.02 Å². The fraction of sp³-hybridized carbons (Fsp3) is 0.217. The monoisotopic (exact) mass is 463 g/mol. The number of ether oxygens (including phenoxy) is 1. The Morgan fingerprint density at radius 1 is 1.19 bits per heavy atom. The number of alkyl halides is 3.